The highest BCUT2D eigenvalue weighted by molar-refractivity contribution is 8.00. The summed E-state index contributed by atoms with van der Waals surface area (Å²) in [6.45, 7) is 1.98. The van der Waals surface area contributed by atoms with Gasteiger partial charge in [-0.15, -0.1) is 11.8 Å². The number of hydrogen-bond donors (Lipinski definition) is 3. The first kappa shape index (κ1) is 27.3. The molecule has 0 spiro atoms. The monoisotopic (exact) mass is 539 g/mol. The molecule has 0 aliphatic rings. The summed E-state index contributed by atoms with van der Waals surface area (Å²) in [4.78, 5) is 39.1. The van der Waals surface area contributed by atoms with Crippen LogP contribution in [0.1, 0.15) is 21.5 Å². The zero-order valence-corrected chi connectivity index (χ0v) is 21.9. The SMILES string of the molecule is Cc1ccc(NC(=O)CSc2cccc(NC(=O)/C(=C/c3ccccc3F)NC(=O)c3ccccc3)c2)cc1. The Morgan fingerprint density at radius 3 is 2.26 bits per heavy atom. The van der Waals surface area contributed by atoms with E-state index in [1.54, 1.807) is 60.7 Å². The molecular weight excluding hydrogens is 513 g/mol. The second-order valence-corrected chi connectivity index (χ2v) is 9.63. The van der Waals surface area contributed by atoms with Gasteiger partial charge in [0.2, 0.25) is 5.91 Å². The van der Waals surface area contributed by atoms with Gasteiger partial charge in [0.25, 0.3) is 11.8 Å². The van der Waals surface area contributed by atoms with Gasteiger partial charge in [0.05, 0.1) is 5.75 Å². The molecule has 0 unspecified atom stereocenters. The Kier molecular flexibility index (Phi) is 9.26. The summed E-state index contributed by atoms with van der Waals surface area (Å²) in [7, 11) is 0. The van der Waals surface area contributed by atoms with Crippen LogP contribution in [0.5, 0.6) is 0 Å². The first-order chi connectivity index (χ1) is 18.9. The molecule has 8 heteroatoms. The van der Waals surface area contributed by atoms with Crippen LogP contribution in [0.3, 0.4) is 0 Å². The number of carbonyl (C=O) groups excluding carboxylic acids is 3. The maximum Gasteiger partial charge on any atom is 0.272 e. The highest BCUT2D eigenvalue weighted by atomic mass is 32.2. The standard InChI is InChI=1S/C31H26FN3O3S/c1-21-14-16-24(17-15-21)33-29(36)20-39-26-12-7-11-25(19-26)34-31(38)28(18-23-10-5-6-13-27(23)32)35-30(37)22-8-3-2-4-9-22/h2-19H,20H2,1H3,(H,33,36)(H,34,38)(H,35,37)/b28-18-. The smallest absolute Gasteiger partial charge is 0.272 e. The molecule has 0 saturated heterocycles. The molecule has 0 radical (unpaired) electrons. The molecule has 4 rings (SSSR count). The Bertz CT molecular complexity index is 1510. The average Bonchev–Trinajstić information content (AvgIpc) is 2.94. The molecule has 0 atom stereocenters. The van der Waals surface area contributed by atoms with Gasteiger partial charge in [-0.2, -0.15) is 0 Å². The maximum atomic E-state index is 14.3. The average molecular weight is 540 g/mol. The minimum absolute atomic E-state index is 0.121. The summed E-state index contributed by atoms with van der Waals surface area (Å²) in [5.74, 6) is -1.63. The van der Waals surface area contributed by atoms with Crippen LogP contribution in [0.4, 0.5) is 15.8 Å². The van der Waals surface area contributed by atoms with E-state index >= 15 is 0 Å². The minimum Gasteiger partial charge on any atom is -0.325 e. The van der Waals surface area contributed by atoms with E-state index in [0.29, 0.717) is 11.3 Å². The molecule has 0 aliphatic heterocycles. The number of carbonyl (C=O) groups is 3. The Balaban J connectivity index is 1.45. The molecule has 3 amide bonds. The van der Waals surface area contributed by atoms with Crippen LogP contribution in [0.15, 0.2) is 114 Å². The number of halogens is 1. The second-order valence-electron chi connectivity index (χ2n) is 8.58. The lowest BCUT2D eigenvalue weighted by atomic mass is 10.1. The van der Waals surface area contributed by atoms with Gasteiger partial charge in [0.1, 0.15) is 11.5 Å². The molecule has 6 nitrogen and oxygen atoms in total. The summed E-state index contributed by atoms with van der Waals surface area (Å²) < 4.78 is 14.3. The summed E-state index contributed by atoms with van der Waals surface area (Å²) in [6, 6.07) is 28.9. The molecule has 3 N–H and O–H groups in total. The van der Waals surface area contributed by atoms with Crippen molar-refractivity contribution in [3.63, 3.8) is 0 Å². The Labute approximate surface area is 230 Å². The molecule has 4 aromatic rings. The summed E-state index contributed by atoms with van der Waals surface area (Å²) in [5, 5.41) is 8.20. The first-order valence-corrected chi connectivity index (χ1v) is 13.1. The van der Waals surface area contributed by atoms with Crippen LogP contribution < -0.4 is 16.0 Å². The number of benzene rings is 4. The van der Waals surface area contributed by atoms with E-state index in [9.17, 15) is 18.8 Å². The van der Waals surface area contributed by atoms with Crippen LogP contribution >= 0.6 is 11.8 Å². The van der Waals surface area contributed by atoms with Gasteiger partial charge in [0, 0.05) is 27.4 Å². The van der Waals surface area contributed by atoms with Crippen molar-refractivity contribution in [2.75, 3.05) is 16.4 Å². The molecule has 0 heterocycles. The number of amides is 3. The Hall–Kier alpha value is -4.69. The largest absolute Gasteiger partial charge is 0.325 e. The molecule has 0 fully saturated rings. The molecule has 196 valence electrons. The first-order valence-electron chi connectivity index (χ1n) is 12.1. The van der Waals surface area contributed by atoms with Gasteiger partial charge in [0.15, 0.2) is 0 Å². The van der Waals surface area contributed by atoms with Crippen molar-refractivity contribution in [2.45, 2.75) is 11.8 Å². The van der Waals surface area contributed by atoms with Gasteiger partial charge in [-0.3, -0.25) is 14.4 Å². The van der Waals surface area contributed by atoms with Gasteiger partial charge in [-0.25, -0.2) is 4.39 Å². The molecule has 0 bridgehead atoms. The quantitative estimate of drug-likeness (QED) is 0.173. The van der Waals surface area contributed by atoms with E-state index < -0.39 is 17.6 Å². The van der Waals surface area contributed by atoms with E-state index in [1.807, 2.05) is 37.3 Å². The van der Waals surface area contributed by atoms with E-state index in [2.05, 4.69) is 16.0 Å². The van der Waals surface area contributed by atoms with Gasteiger partial charge in [-0.05, 0) is 61.5 Å². The molecule has 4 aromatic carbocycles. The zero-order chi connectivity index (χ0) is 27.6. The summed E-state index contributed by atoms with van der Waals surface area (Å²) >= 11 is 1.32. The number of aryl methyl sites for hydroxylation is 1. The molecule has 0 aromatic heterocycles. The number of anilines is 2. The van der Waals surface area contributed by atoms with Crippen LogP contribution in [0.25, 0.3) is 6.08 Å². The third-order valence-electron chi connectivity index (χ3n) is 5.53. The predicted molar refractivity (Wildman–Crippen MR) is 154 cm³/mol. The lowest BCUT2D eigenvalue weighted by molar-refractivity contribution is -0.114. The zero-order valence-electron chi connectivity index (χ0n) is 21.1. The normalized spacial score (nSPS) is 11.0. The Morgan fingerprint density at radius 1 is 0.795 bits per heavy atom. The fourth-order valence-electron chi connectivity index (χ4n) is 3.53. The van der Waals surface area contributed by atoms with Crippen molar-refractivity contribution in [3.8, 4) is 0 Å². The van der Waals surface area contributed by atoms with Crippen LogP contribution in [-0.4, -0.2) is 23.5 Å². The fraction of sp³-hybridized carbons (Fsp3) is 0.0645. The van der Waals surface area contributed by atoms with Crippen molar-refractivity contribution in [2.24, 2.45) is 0 Å². The lowest BCUT2D eigenvalue weighted by Crippen LogP contribution is -2.30. The molecule has 0 aliphatic carbocycles. The van der Waals surface area contributed by atoms with Crippen molar-refractivity contribution in [1.29, 1.82) is 0 Å². The van der Waals surface area contributed by atoms with Gasteiger partial charge >= 0.3 is 0 Å². The summed E-state index contributed by atoms with van der Waals surface area (Å²) in [5.41, 5.74) is 2.67. The predicted octanol–water partition coefficient (Wildman–Crippen LogP) is 6.27. The molecular formula is C31H26FN3O3S. The highest BCUT2D eigenvalue weighted by Gasteiger charge is 2.16. The second kappa shape index (κ2) is 13.2. The van der Waals surface area contributed by atoms with Crippen LogP contribution in [0.2, 0.25) is 0 Å². The van der Waals surface area contributed by atoms with Crippen LogP contribution in [0, 0.1) is 12.7 Å². The lowest BCUT2D eigenvalue weighted by Gasteiger charge is -2.12. The number of hydrogen-bond acceptors (Lipinski definition) is 4. The van der Waals surface area contributed by atoms with Crippen molar-refractivity contribution in [3.05, 3.63) is 131 Å². The maximum absolute atomic E-state index is 14.3. The topological polar surface area (TPSA) is 87.3 Å². The molecule has 0 saturated carbocycles. The molecule has 39 heavy (non-hydrogen) atoms. The van der Waals surface area contributed by atoms with Gasteiger partial charge in [-0.1, -0.05) is 60.2 Å². The Morgan fingerprint density at radius 2 is 1.51 bits per heavy atom. The summed E-state index contributed by atoms with van der Waals surface area (Å²) in [6.07, 6.45) is 1.29. The van der Waals surface area contributed by atoms with Crippen molar-refractivity contribution >= 4 is 46.9 Å². The highest BCUT2D eigenvalue weighted by Crippen LogP contribution is 2.23. The van der Waals surface area contributed by atoms with E-state index in [0.717, 1.165) is 16.1 Å². The third kappa shape index (κ3) is 8.15. The van der Waals surface area contributed by atoms with Crippen molar-refractivity contribution in [1.82, 2.24) is 5.32 Å². The fourth-order valence-corrected chi connectivity index (χ4v) is 4.29. The number of rotatable bonds is 9. The van der Waals surface area contributed by atoms with E-state index in [4.69, 9.17) is 0 Å². The van der Waals surface area contributed by atoms with Crippen LogP contribution in [-0.2, 0) is 9.59 Å². The van der Waals surface area contributed by atoms with Crippen molar-refractivity contribution < 1.29 is 18.8 Å². The minimum atomic E-state index is -0.623. The van der Waals surface area contributed by atoms with Gasteiger partial charge < -0.3 is 16.0 Å². The van der Waals surface area contributed by atoms with E-state index in [-0.39, 0.29) is 22.9 Å². The number of thioether (sulfide) groups is 1. The van der Waals surface area contributed by atoms with E-state index in [1.165, 1.54) is 30.0 Å². The number of nitrogens with one attached hydrogen (secondary N) is 3. The third-order valence-corrected chi connectivity index (χ3v) is 6.52.